The highest BCUT2D eigenvalue weighted by atomic mass is 16.4. The van der Waals surface area contributed by atoms with E-state index in [1.165, 1.54) is 0 Å². The van der Waals surface area contributed by atoms with Gasteiger partial charge in [0.2, 0.25) is 0 Å². The van der Waals surface area contributed by atoms with Gasteiger partial charge in [0.1, 0.15) is 0 Å². The number of hydrogen-bond donors (Lipinski definition) is 1. The van der Waals surface area contributed by atoms with Crippen molar-refractivity contribution in [1.82, 2.24) is 0 Å². The van der Waals surface area contributed by atoms with Crippen molar-refractivity contribution in [3.8, 4) is 0 Å². The molecular weight excluding hydrogens is 224 g/mol. The number of hydrogen-bond acceptors (Lipinski definition) is 1. The highest BCUT2D eigenvalue weighted by molar-refractivity contribution is 5.66. The zero-order valence-corrected chi connectivity index (χ0v) is 11.2. The zero-order chi connectivity index (χ0) is 13.5. The van der Waals surface area contributed by atoms with E-state index in [9.17, 15) is 4.79 Å². The Bertz CT molecular complexity index is 309. The molecule has 0 aromatic carbocycles. The third-order valence-corrected chi connectivity index (χ3v) is 2.24. The maximum atomic E-state index is 10.2. The summed E-state index contributed by atoms with van der Waals surface area (Å²) < 4.78 is 0. The van der Waals surface area contributed by atoms with Gasteiger partial charge in [-0.2, -0.15) is 0 Å². The fourth-order valence-corrected chi connectivity index (χ4v) is 1.30. The van der Waals surface area contributed by atoms with Crippen molar-refractivity contribution in [1.29, 1.82) is 0 Å². The molecule has 0 fully saturated rings. The first-order chi connectivity index (χ1) is 8.77. The lowest BCUT2D eigenvalue weighted by Gasteiger charge is -1.87. The fraction of sp³-hybridized carbons (Fsp3) is 0.438. The van der Waals surface area contributed by atoms with Crippen LogP contribution in [0.3, 0.4) is 0 Å². The molecule has 0 aliphatic rings. The molecule has 0 aromatic rings. The predicted octanol–water partition coefficient (Wildman–Crippen LogP) is 4.66. The van der Waals surface area contributed by atoms with Crippen LogP contribution in [-0.4, -0.2) is 11.1 Å². The van der Waals surface area contributed by atoms with Crippen LogP contribution in [0.2, 0.25) is 0 Å². The number of carboxylic acids is 1. The highest BCUT2D eigenvalue weighted by Crippen LogP contribution is 1.96. The Kier molecular flexibility index (Phi) is 12.3. The lowest BCUT2D eigenvalue weighted by molar-refractivity contribution is -0.136. The molecule has 0 rings (SSSR count). The van der Waals surface area contributed by atoms with Crippen LogP contribution >= 0.6 is 0 Å². The van der Waals surface area contributed by atoms with Crippen molar-refractivity contribution < 1.29 is 9.90 Å². The summed E-state index contributed by atoms with van der Waals surface area (Å²) in [6.45, 7) is 2.13. The summed E-state index contributed by atoms with van der Waals surface area (Å²) in [5, 5.41) is 8.43. The highest BCUT2D eigenvalue weighted by Gasteiger charge is 1.90. The monoisotopic (exact) mass is 248 g/mol. The van der Waals surface area contributed by atoms with Gasteiger partial charge in [-0.1, -0.05) is 55.5 Å². The molecule has 0 amide bonds. The summed E-state index contributed by atoms with van der Waals surface area (Å²) in [6.07, 6.45) is 21.6. The lowest BCUT2D eigenvalue weighted by Crippen LogP contribution is -1.91. The normalized spacial score (nSPS) is 12.5. The van der Waals surface area contributed by atoms with Crippen LogP contribution in [0.15, 0.2) is 48.6 Å². The molecule has 0 unspecified atom stereocenters. The van der Waals surface area contributed by atoms with Gasteiger partial charge in [-0.25, -0.2) is 0 Å². The molecular formula is C16H24O2. The predicted molar refractivity (Wildman–Crippen MR) is 77.6 cm³/mol. The summed E-state index contributed by atoms with van der Waals surface area (Å²) in [5.74, 6) is -0.738. The maximum absolute atomic E-state index is 10.2. The molecule has 0 aliphatic carbocycles. The molecule has 0 radical (unpaired) electrons. The molecule has 0 aromatic heterocycles. The summed E-state index contributed by atoms with van der Waals surface area (Å²) in [5.41, 5.74) is 0. The molecule has 0 saturated heterocycles. The largest absolute Gasteiger partial charge is 0.481 e. The molecule has 0 aliphatic heterocycles. The second-order valence-corrected chi connectivity index (χ2v) is 3.93. The Labute approximate surface area is 110 Å². The Morgan fingerprint density at radius 1 is 0.833 bits per heavy atom. The molecule has 18 heavy (non-hydrogen) atoms. The van der Waals surface area contributed by atoms with E-state index in [0.29, 0.717) is 6.42 Å². The third kappa shape index (κ3) is 14.4. The number of rotatable bonds is 10. The van der Waals surface area contributed by atoms with Crippen molar-refractivity contribution in [3.63, 3.8) is 0 Å². The van der Waals surface area contributed by atoms with E-state index in [-0.39, 0.29) is 6.42 Å². The van der Waals surface area contributed by atoms with Gasteiger partial charge >= 0.3 is 5.97 Å². The van der Waals surface area contributed by atoms with Gasteiger partial charge in [-0.15, -0.1) is 0 Å². The standard InChI is InChI=1S/C16H24O2/c1-2-3-4-5-6-7-8-9-10-11-12-13-14-15-16(17)18/h3-4,6-7,9-10,12-13H,2,5,8,11,14-15H2,1H3,(H,17,18)/b4-3-,7-6-,10-9-,13-12-. The molecule has 1 N–H and O–H groups in total. The molecule has 2 nitrogen and oxygen atoms in total. The smallest absolute Gasteiger partial charge is 0.303 e. The van der Waals surface area contributed by atoms with Gasteiger partial charge in [0.15, 0.2) is 0 Å². The minimum atomic E-state index is -0.738. The number of aliphatic carboxylic acids is 1. The number of carbonyl (C=O) groups is 1. The van der Waals surface area contributed by atoms with Crippen molar-refractivity contribution in [3.05, 3.63) is 48.6 Å². The first-order valence-corrected chi connectivity index (χ1v) is 6.59. The lowest BCUT2D eigenvalue weighted by atomic mass is 10.2. The van der Waals surface area contributed by atoms with Gasteiger partial charge in [-0.3, -0.25) is 4.79 Å². The van der Waals surface area contributed by atoms with E-state index in [1.54, 1.807) is 0 Å². The first-order valence-electron chi connectivity index (χ1n) is 6.59. The molecule has 0 spiro atoms. The van der Waals surface area contributed by atoms with Crippen molar-refractivity contribution in [2.24, 2.45) is 0 Å². The van der Waals surface area contributed by atoms with E-state index >= 15 is 0 Å². The van der Waals surface area contributed by atoms with Crippen LogP contribution in [0.4, 0.5) is 0 Å². The van der Waals surface area contributed by atoms with E-state index in [4.69, 9.17) is 5.11 Å². The van der Waals surface area contributed by atoms with Crippen molar-refractivity contribution >= 4 is 5.97 Å². The van der Waals surface area contributed by atoms with Gasteiger partial charge < -0.3 is 5.11 Å². The number of allylic oxidation sites excluding steroid dienone is 8. The summed E-state index contributed by atoms with van der Waals surface area (Å²) in [4.78, 5) is 10.2. The van der Waals surface area contributed by atoms with Crippen LogP contribution in [0.25, 0.3) is 0 Å². The van der Waals surface area contributed by atoms with Gasteiger partial charge in [0.25, 0.3) is 0 Å². The fourth-order valence-electron chi connectivity index (χ4n) is 1.30. The molecule has 100 valence electrons. The Morgan fingerprint density at radius 2 is 1.28 bits per heavy atom. The maximum Gasteiger partial charge on any atom is 0.303 e. The molecule has 2 heteroatoms. The topological polar surface area (TPSA) is 37.3 Å². The van der Waals surface area contributed by atoms with Crippen LogP contribution in [0, 0.1) is 0 Å². The average molecular weight is 248 g/mol. The van der Waals surface area contributed by atoms with Gasteiger partial charge in [0.05, 0.1) is 0 Å². The molecule has 0 atom stereocenters. The van der Waals surface area contributed by atoms with E-state index in [2.05, 4.69) is 43.4 Å². The first kappa shape index (κ1) is 16.4. The Hall–Kier alpha value is -1.57. The zero-order valence-electron chi connectivity index (χ0n) is 11.2. The molecule has 0 bridgehead atoms. The quantitative estimate of drug-likeness (QED) is 0.571. The third-order valence-electron chi connectivity index (χ3n) is 2.24. The van der Waals surface area contributed by atoms with Gasteiger partial charge in [-0.05, 0) is 32.1 Å². The van der Waals surface area contributed by atoms with Crippen LogP contribution in [0.1, 0.15) is 45.4 Å². The second-order valence-electron chi connectivity index (χ2n) is 3.93. The summed E-state index contributed by atoms with van der Waals surface area (Å²) in [7, 11) is 0. The molecule has 0 heterocycles. The summed E-state index contributed by atoms with van der Waals surface area (Å²) >= 11 is 0. The van der Waals surface area contributed by atoms with E-state index < -0.39 is 5.97 Å². The van der Waals surface area contributed by atoms with Crippen LogP contribution in [-0.2, 0) is 4.79 Å². The Balaban J connectivity index is 3.42. The van der Waals surface area contributed by atoms with Crippen LogP contribution < -0.4 is 0 Å². The van der Waals surface area contributed by atoms with E-state index in [0.717, 1.165) is 25.7 Å². The Morgan fingerprint density at radius 3 is 1.72 bits per heavy atom. The average Bonchev–Trinajstić information content (AvgIpc) is 2.34. The molecule has 0 saturated carbocycles. The van der Waals surface area contributed by atoms with Crippen molar-refractivity contribution in [2.75, 3.05) is 0 Å². The van der Waals surface area contributed by atoms with Crippen LogP contribution in [0.5, 0.6) is 0 Å². The minimum Gasteiger partial charge on any atom is -0.481 e. The minimum absolute atomic E-state index is 0.216. The SMILES string of the molecule is CC/C=C\C/C=C\C/C=C\C/C=C\CCC(=O)O. The second kappa shape index (κ2) is 13.5. The van der Waals surface area contributed by atoms with Gasteiger partial charge in [0, 0.05) is 6.42 Å². The van der Waals surface area contributed by atoms with Crippen molar-refractivity contribution in [2.45, 2.75) is 45.4 Å². The summed E-state index contributed by atoms with van der Waals surface area (Å²) in [6, 6.07) is 0. The van der Waals surface area contributed by atoms with E-state index in [1.807, 2.05) is 12.2 Å². The number of carboxylic acid groups (broad SMARTS) is 1.